The Labute approximate surface area is 105 Å². The van der Waals surface area contributed by atoms with E-state index in [9.17, 15) is 4.79 Å². The molecule has 0 bridgehead atoms. The predicted molar refractivity (Wildman–Crippen MR) is 70.2 cm³/mol. The third-order valence-corrected chi connectivity index (χ3v) is 4.10. The molecule has 0 spiro atoms. The third-order valence-electron chi connectivity index (χ3n) is 4.10. The van der Waals surface area contributed by atoms with Gasteiger partial charge in [-0.25, -0.2) is 0 Å². The first-order valence-corrected chi connectivity index (χ1v) is 7.09. The van der Waals surface area contributed by atoms with E-state index in [0.29, 0.717) is 6.04 Å². The van der Waals surface area contributed by atoms with Crippen LogP contribution in [0.5, 0.6) is 0 Å². The summed E-state index contributed by atoms with van der Waals surface area (Å²) in [5.74, 6) is 0.137. The molecule has 17 heavy (non-hydrogen) atoms. The number of nitrogens with zero attached hydrogens (tertiary/aromatic N) is 1. The van der Waals surface area contributed by atoms with Gasteiger partial charge in [0.15, 0.2) is 0 Å². The van der Waals surface area contributed by atoms with Crippen molar-refractivity contribution in [2.45, 2.75) is 64.8 Å². The van der Waals surface area contributed by atoms with Crippen LogP contribution in [0, 0.1) is 5.92 Å². The van der Waals surface area contributed by atoms with E-state index in [1.807, 2.05) is 0 Å². The van der Waals surface area contributed by atoms with Crippen molar-refractivity contribution in [3.05, 3.63) is 0 Å². The maximum Gasteiger partial charge on any atom is 0.317 e. The normalized spacial score (nSPS) is 19.5. The van der Waals surface area contributed by atoms with Gasteiger partial charge in [-0.3, -0.25) is 9.69 Å². The Morgan fingerprint density at radius 3 is 2.53 bits per heavy atom. The lowest BCUT2D eigenvalue weighted by molar-refractivity contribution is -0.138. The van der Waals surface area contributed by atoms with Gasteiger partial charge < -0.3 is 5.11 Å². The van der Waals surface area contributed by atoms with E-state index in [0.717, 1.165) is 18.9 Å². The summed E-state index contributed by atoms with van der Waals surface area (Å²) < 4.78 is 0. The molecular formula is C14H27NO2. The zero-order chi connectivity index (χ0) is 12.7. The number of aliphatic carboxylic acids is 1. The summed E-state index contributed by atoms with van der Waals surface area (Å²) in [4.78, 5) is 13.0. The summed E-state index contributed by atoms with van der Waals surface area (Å²) in [5, 5.41) is 8.92. The largest absolute Gasteiger partial charge is 0.480 e. The molecule has 0 radical (unpaired) electrons. The molecule has 0 aliphatic heterocycles. The fourth-order valence-electron chi connectivity index (χ4n) is 2.71. The first kappa shape index (κ1) is 14.5. The Morgan fingerprint density at radius 1 is 1.35 bits per heavy atom. The number of carboxylic acid groups (broad SMARTS) is 1. The van der Waals surface area contributed by atoms with Gasteiger partial charge in [0, 0.05) is 6.04 Å². The summed E-state index contributed by atoms with van der Waals surface area (Å²) >= 11 is 0. The van der Waals surface area contributed by atoms with Crippen molar-refractivity contribution in [3.8, 4) is 0 Å². The Kier molecular flexibility index (Phi) is 6.56. The number of carbonyl (C=O) groups is 1. The quantitative estimate of drug-likeness (QED) is 0.744. The number of rotatable bonds is 7. The highest BCUT2D eigenvalue weighted by molar-refractivity contribution is 5.69. The summed E-state index contributed by atoms with van der Waals surface area (Å²) in [6, 6.07) is 0.384. The zero-order valence-electron chi connectivity index (χ0n) is 11.3. The Hall–Kier alpha value is -0.570. The predicted octanol–water partition coefficient (Wildman–Crippen LogP) is 3.14. The first-order valence-electron chi connectivity index (χ1n) is 7.09. The molecule has 0 aromatic carbocycles. The van der Waals surface area contributed by atoms with Gasteiger partial charge in [-0.05, 0) is 32.2 Å². The standard InChI is InChI=1S/C14H27NO2/c1-3-12(2)15(11-14(16)17)10-9-13-7-5-4-6-8-13/h12-13H,3-11H2,1-2H3,(H,16,17). The second-order valence-corrected chi connectivity index (χ2v) is 5.41. The lowest BCUT2D eigenvalue weighted by Gasteiger charge is -2.29. The molecule has 0 heterocycles. The van der Waals surface area contributed by atoms with E-state index in [-0.39, 0.29) is 6.54 Å². The maximum atomic E-state index is 10.8. The summed E-state index contributed by atoms with van der Waals surface area (Å²) in [6.07, 6.45) is 9.03. The highest BCUT2D eigenvalue weighted by Gasteiger charge is 2.19. The van der Waals surface area contributed by atoms with E-state index in [1.165, 1.54) is 38.5 Å². The molecule has 1 rings (SSSR count). The molecule has 0 aromatic rings. The highest BCUT2D eigenvalue weighted by Crippen LogP contribution is 2.26. The van der Waals surface area contributed by atoms with Crippen LogP contribution in [0.2, 0.25) is 0 Å². The molecule has 1 saturated carbocycles. The van der Waals surface area contributed by atoms with Crippen LogP contribution in [0.4, 0.5) is 0 Å². The average Bonchev–Trinajstić information content (AvgIpc) is 2.34. The molecule has 3 nitrogen and oxygen atoms in total. The second-order valence-electron chi connectivity index (χ2n) is 5.41. The minimum Gasteiger partial charge on any atom is -0.480 e. The summed E-state index contributed by atoms with van der Waals surface area (Å²) in [6.45, 7) is 5.40. The SMILES string of the molecule is CCC(C)N(CCC1CCCCC1)CC(=O)O. The van der Waals surface area contributed by atoms with Crippen molar-refractivity contribution >= 4 is 5.97 Å². The van der Waals surface area contributed by atoms with Gasteiger partial charge in [-0.1, -0.05) is 39.0 Å². The van der Waals surface area contributed by atoms with E-state index < -0.39 is 5.97 Å². The van der Waals surface area contributed by atoms with Crippen LogP contribution in [0.25, 0.3) is 0 Å². The van der Waals surface area contributed by atoms with E-state index in [1.54, 1.807) is 0 Å². The molecule has 1 N–H and O–H groups in total. The van der Waals surface area contributed by atoms with Crippen molar-refractivity contribution in [1.82, 2.24) is 4.90 Å². The fraction of sp³-hybridized carbons (Fsp3) is 0.929. The molecule has 1 unspecified atom stereocenters. The fourth-order valence-corrected chi connectivity index (χ4v) is 2.71. The monoisotopic (exact) mass is 241 g/mol. The average molecular weight is 241 g/mol. The van der Waals surface area contributed by atoms with Crippen molar-refractivity contribution in [2.24, 2.45) is 5.92 Å². The van der Waals surface area contributed by atoms with Gasteiger partial charge >= 0.3 is 5.97 Å². The summed E-state index contributed by atoms with van der Waals surface area (Å²) in [5.41, 5.74) is 0. The number of hydrogen-bond donors (Lipinski definition) is 1. The van der Waals surface area contributed by atoms with E-state index in [2.05, 4.69) is 18.7 Å². The van der Waals surface area contributed by atoms with Gasteiger partial charge in [0.25, 0.3) is 0 Å². The molecule has 100 valence electrons. The molecule has 3 heteroatoms. The van der Waals surface area contributed by atoms with Crippen molar-refractivity contribution in [1.29, 1.82) is 0 Å². The molecule has 1 aliphatic carbocycles. The maximum absolute atomic E-state index is 10.8. The zero-order valence-corrected chi connectivity index (χ0v) is 11.3. The third kappa shape index (κ3) is 5.53. The first-order chi connectivity index (χ1) is 8.13. The lowest BCUT2D eigenvalue weighted by atomic mass is 9.87. The number of hydrogen-bond acceptors (Lipinski definition) is 2. The van der Waals surface area contributed by atoms with Gasteiger partial charge in [-0.15, -0.1) is 0 Å². The molecule has 0 amide bonds. The molecule has 1 atom stereocenters. The number of carboxylic acids is 1. The molecule has 0 aromatic heterocycles. The highest BCUT2D eigenvalue weighted by atomic mass is 16.4. The van der Waals surface area contributed by atoms with Crippen LogP contribution in [0.15, 0.2) is 0 Å². The van der Waals surface area contributed by atoms with Gasteiger partial charge in [-0.2, -0.15) is 0 Å². The van der Waals surface area contributed by atoms with Gasteiger partial charge in [0.2, 0.25) is 0 Å². The smallest absolute Gasteiger partial charge is 0.317 e. The van der Waals surface area contributed by atoms with Crippen LogP contribution in [0.3, 0.4) is 0 Å². The van der Waals surface area contributed by atoms with Crippen LogP contribution in [0.1, 0.15) is 58.8 Å². The summed E-state index contributed by atoms with van der Waals surface area (Å²) in [7, 11) is 0. The van der Waals surface area contributed by atoms with Crippen molar-refractivity contribution < 1.29 is 9.90 Å². The molecule has 0 saturated heterocycles. The molecule has 1 aliphatic rings. The van der Waals surface area contributed by atoms with Crippen LogP contribution < -0.4 is 0 Å². The van der Waals surface area contributed by atoms with E-state index in [4.69, 9.17) is 5.11 Å². The van der Waals surface area contributed by atoms with E-state index >= 15 is 0 Å². The van der Waals surface area contributed by atoms with Gasteiger partial charge in [0.1, 0.15) is 0 Å². The molecular weight excluding hydrogens is 214 g/mol. The lowest BCUT2D eigenvalue weighted by Crippen LogP contribution is -2.38. The Morgan fingerprint density at radius 2 is 2.00 bits per heavy atom. The topological polar surface area (TPSA) is 40.5 Å². The Bertz CT molecular complexity index is 224. The Balaban J connectivity index is 2.33. The van der Waals surface area contributed by atoms with Crippen LogP contribution in [-0.4, -0.2) is 35.1 Å². The second kappa shape index (κ2) is 7.70. The van der Waals surface area contributed by atoms with Crippen molar-refractivity contribution in [2.75, 3.05) is 13.1 Å². The van der Waals surface area contributed by atoms with Crippen molar-refractivity contribution in [3.63, 3.8) is 0 Å². The van der Waals surface area contributed by atoms with Crippen LogP contribution >= 0.6 is 0 Å². The minimum atomic E-state index is -0.700. The van der Waals surface area contributed by atoms with Crippen LogP contribution in [-0.2, 0) is 4.79 Å². The minimum absolute atomic E-state index is 0.196. The molecule has 1 fully saturated rings. The van der Waals surface area contributed by atoms with Gasteiger partial charge in [0.05, 0.1) is 6.54 Å².